The van der Waals surface area contributed by atoms with Crippen LogP contribution in [0.2, 0.25) is 0 Å². The van der Waals surface area contributed by atoms with Gasteiger partial charge in [-0.2, -0.15) is 0 Å². The molecule has 0 aliphatic heterocycles. The van der Waals surface area contributed by atoms with Crippen molar-refractivity contribution in [2.75, 3.05) is 0 Å². The third kappa shape index (κ3) is 6.59. The summed E-state index contributed by atoms with van der Waals surface area (Å²) in [6.07, 6.45) is 8.25. The number of rotatable bonds is 4. The summed E-state index contributed by atoms with van der Waals surface area (Å²) in [6.45, 7) is 14.1. The summed E-state index contributed by atoms with van der Waals surface area (Å²) in [5, 5.41) is 5.22. The first kappa shape index (κ1) is 36.4. The van der Waals surface area contributed by atoms with Gasteiger partial charge in [-0.1, -0.05) is 0 Å². The molecular weight excluding hydrogens is 727 g/mol. The minimum Gasteiger partial charge on any atom is -0.147 e. The number of hydrogen-bond acceptors (Lipinski definition) is 0. The van der Waals surface area contributed by atoms with Gasteiger partial charge in [0.1, 0.15) is 0 Å². The number of fused-ring (bicyclic) bond motifs is 5. The van der Waals surface area contributed by atoms with E-state index in [2.05, 4.69) is 181 Å². The molecule has 0 saturated carbocycles. The van der Waals surface area contributed by atoms with Crippen molar-refractivity contribution >= 4 is 49.6 Å². The molecule has 0 heterocycles. The molecule has 0 nitrogen and oxygen atoms in total. The molecule has 0 amide bonds. The minimum absolute atomic E-state index is 0. The van der Waals surface area contributed by atoms with Gasteiger partial charge in [-0.05, 0) is 0 Å². The van der Waals surface area contributed by atoms with Crippen molar-refractivity contribution in [2.45, 2.75) is 62.4 Å². The summed E-state index contributed by atoms with van der Waals surface area (Å²) in [4.78, 5) is 0. The van der Waals surface area contributed by atoms with Gasteiger partial charge < -0.3 is 0 Å². The number of hydrogen-bond donors (Lipinski definition) is 0. The Hall–Kier alpha value is -3.35. The summed E-state index contributed by atoms with van der Waals surface area (Å²) < 4.78 is 3.67. The largest absolute Gasteiger partial charge is 0.147 e. The maximum Gasteiger partial charge on any atom is -0.147 e. The number of benzene rings is 6. The molecule has 6 aromatic carbocycles. The van der Waals surface area contributed by atoms with Crippen LogP contribution < -0.4 is 0 Å². The second-order valence-corrected chi connectivity index (χ2v) is 22.0. The molecule has 0 aromatic heterocycles. The molecule has 3 heteroatoms. The van der Waals surface area contributed by atoms with Crippen LogP contribution >= 0.6 is 24.8 Å². The fraction of sp³-hybridized carbons (Fsp3) is 0.213. The molecule has 0 saturated heterocycles. The van der Waals surface area contributed by atoms with Gasteiger partial charge in [0.25, 0.3) is 0 Å². The van der Waals surface area contributed by atoms with Crippen LogP contribution in [0.1, 0.15) is 85.0 Å². The molecule has 0 N–H and O–H groups in total. The molecule has 252 valence electrons. The average Bonchev–Trinajstić information content (AvgIpc) is 3.72. The Labute approximate surface area is 318 Å². The van der Waals surface area contributed by atoms with E-state index < -0.39 is 21.3 Å². The smallest absolute Gasteiger partial charge is 0.147 e. The van der Waals surface area contributed by atoms with Gasteiger partial charge in [0.2, 0.25) is 0 Å². The predicted molar refractivity (Wildman–Crippen MR) is 219 cm³/mol. The third-order valence-electron chi connectivity index (χ3n) is 10.5. The van der Waals surface area contributed by atoms with Crippen LogP contribution in [0.15, 0.2) is 143 Å². The first-order valence-electron chi connectivity index (χ1n) is 17.4. The standard InChI is InChI=1S/C21H14.C21H25.C5H5.2ClH.Zr/c1-3-7-20-14-16(9-11-18(20)5-1)13-17-10-12-19-6-2-4-8-21(19)15-17;1-20(2,3)16-9-7-14-11-15-8-10-17(21(4,5)6)13-19(15)18(14)12-16;1-2-4-5-3-1;;;/h1-12,14-15H;7-13H,1-6H3;1-3H,4H2;2*1H;. The van der Waals surface area contributed by atoms with Crippen LogP contribution in [0, 0.1) is 0 Å². The Kier molecular flexibility index (Phi) is 10.2. The van der Waals surface area contributed by atoms with E-state index in [1.54, 1.807) is 6.49 Å². The van der Waals surface area contributed by atoms with Gasteiger partial charge in [-0.15, -0.1) is 24.8 Å². The summed E-state index contributed by atoms with van der Waals surface area (Å²) in [5.74, 6) is 0. The molecule has 8 rings (SSSR count). The van der Waals surface area contributed by atoms with Crippen molar-refractivity contribution in [1.29, 1.82) is 0 Å². The minimum atomic E-state index is -2.81. The van der Waals surface area contributed by atoms with Crippen molar-refractivity contribution in [3.63, 3.8) is 0 Å². The Morgan fingerprint density at radius 2 is 1.00 bits per heavy atom. The fourth-order valence-electron chi connectivity index (χ4n) is 7.80. The zero-order valence-corrected chi connectivity index (χ0v) is 34.0. The molecule has 2 aliphatic carbocycles. The Morgan fingerprint density at radius 3 is 1.42 bits per heavy atom. The molecular formula is C47H46Cl2Zr. The molecule has 2 aliphatic rings. The average molecular weight is 773 g/mol. The SMILES string of the molecule is CC(C)(C)c1ccc2c(c1)-c1cc(C(C)(C)C)ccc1[CH]2[Zr]([C]1=CC=CC1)=[C](c1ccc2ccccc2c1)c1ccc2ccccc2c1.Cl.Cl. The van der Waals surface area contributed by atoms with Gasteiger partial charge in [0.05, 0.1) is 0 Å². The van der Waals surface area contributed by atoms with E-state index in [1.165, 1.54) is 66.1 Å². The van der Waals surface area contributed by atoms with E-state index in [0.29, 0.717) is 3.63 Å². The van der Waals surface area contributed by atoms with Crippen LogP contribution in [0.5, 0.6) is 0 Å². The summed E-state index contributed by atoms with van der Waals surface area (Å²) in [5.41, 5.74) is 11.7. The molecule has 0 radical (unpaired) electrons. The maximum atomic E-state index is 2.54. The zero-order chi connectivity index (χ0) is 33.2. The normalized spacial score (nSPS) is 13.8. The van der Waals surface area contributed by atoms with Crippen molar-refractivity contribution in [3.05, 3.63) is 176 Å². The van der Waals surface area contributed by atoms with E-state index in [4.69, 9.17) is 0 Å². The molecule has 0 unspecified atom stereocenters. The molecule has 0 spiro atoms. The Bertz CT molecular complexity index is 2200. The quantitative estimate of drug-likeness (QED) is 0.167. The second kappa shape index (κ2) is 14.0. The van der Waals surface area contributed by atoms with E-state index >= 15 is 0 Å². The topological polar surface area (TPSA) is 0 Å². The second-order valence-electron chi connectivity index (χ2n) is 15.8. The molecule has 6 aromatic rings. The Balaban J connectivity index is 0.00000216. The van der Waals surface area contributed by atoms with Crippen molar-refractivity contribution < 1.29 is 21.3 Å². The monoisotopic (exact) mass is 770 g/mol. The van der Waals surface area contributed by atoms with Crippen LogP contribution in [-0.2, 0) is 32.1 Å². The molecule has 0 atom stereocenters. The van der Waals surface area contributed by atoms with Gasteiger partial charge in [-0.3, -0.25) is 0 Å². The molecule has 0 fully saturated rings. The van der Waals surface area contributed by atoms with Crippen LogP contribution in [0.4, 0.5) is 0 Å². The number of halogens is 2. The van der Waals surface area contributed by atoms with Crippen LogP contribution in [-0.4, -0.2) is 3.21 Å². The summed E-state index contributed by atoms with van der Waals surface area (Å²) >= 11 is -2.81. The van der Waals surface area contributed by atoms with Crippen LogP contribution in [0.25, 0.3) is 32.7 Å². The van der Waals surface area contributed by atoms with Crippen molar-refractivity contribution in [2.24, 2.45) is 0 Å². The molecule has 50 heavy (non-hydrogen) atoms. The van der Waals surface area contributed by atoms with E-state index in [-0.39, 0.29) is 35.6 Å². The number of allylic oxidation sites excluding steroid dienone is 4. The van der Waals surface area contributed by atoms with Gasteiger partial charge in [0.15, 0.2) is 0 Å². The summed E-state index contributed by atoms with van der Waals surface area (Å²) in [7, 11) is 0. The molecule has 0 bridgehead atoms. The van der Waals surface area contributed by atoms with E-state index in [1.807, 2.05) is 0 Å². The van der Waals surface area contributed by atoms with E-state index in [0.717, 1.165) is 6.42 Å². The third-order valence-corrected chi connectivity index (χ3v) is 18.8. The van der Waals surface area contributed by atoms with Gasteiger partial charge >= 0.3 is 296 Å². The summed E-state index contributed by atoms with van der Waals surface area (Å²) in [6, 6.07) is 47.1. The first-order valence-corrected chi connectivity index (χ1v) is 21.3. The Morgan fingerprint density at radius 1 is 0.540 bits per heavy atom. The van der Waals surface area contributed by atoms with Gasteiger partial charge in [-0.25, -0.2) is 0 Å². The van der Waals surface area contributed by atoms with E-state index in [9.17, 15) is 0 Å². The predicted octanol–water partition coefficient (Wildman–Crippen LogP) is 13.2. The van der Waals surface area contributed by atoms with Crippen molar-refractivity contribution in [1.82, 2.24) is 0 Å². The fourth-order valence-corrected chi connectivity index (χ4v) is 16.8. The maximum absolute atomic E-state index is 2.81. The van der Waals surface area contributed by atoms with Crippen LogP contribution in [0.3, 0.4) is 0 Å². The van der Waals surface area contributed by atoms with Gasteiger partial charge in [0, 0.05) is 0 Å². The van der Waals surface area contributed by atoms with Crippen molar-refractivity contribution in [3.8, 4) is 11.1 Å². The first-order chi connectivity index (χ1) is 23.1. The zero-order valence-electron chi connectivity index (χ0n) is 29.9.